The summed E-state index contributed by atoms with van der Waals surface area (Å²) >= 11 is 1.62. The molecule has 1 aliphatic heterocycles. The predicted molar refractivity (Wildman–Crippen MR) is 125 cm³/mol. The zero-order chi connectivity index (χ0) is 21.8. The van der Waals surface area contributed by atoms with Gasteiger partial charge in [0.05, 0.1) is 23.4 Å². The van der Waals surface area contributed by atoms with Gasteiger partial charge in [-0.05, 0) is 48.4 Å². The molecule has 1 N–H and O–H groups in total. The molecule has 8 heteroatoms. The van der Waals surface area contributed by atoms with Crippen molar-refractivity contribution in [2.75, 3.05) is 44.8 Å². The van der Waals surface area contributed by atoms with Crippen LogP contribution in [0.1, 0.15) is 11.3 Å². The third kappa shape index (κ3) is 4.60. The Morgan fingerprint density at radius 3 is 2.81 bits per heavy atom. The van der Waals surface area contributed by atoms with E-state index in [4.69, 9.17) is 9.47 Å². The number of nitrogens with zero attached hydrogens (tertiary/aromatic N) is 3. The minimum absolute atomic E-state index is 0.656. The molecule has 7 nitrogen and oxygen atoms in total. The van der Waals surface area contributed by atoms with Crippen LogP contribution in [-0.2, 0) is 9.53 Å². The van der Waals surface area contributed by atoms with Gasteiger partial charge in [-0.15, -0.1) is 0 Å². The quantitative estimate of drug-likeness (QED) is 0.364. The van der Waals surface area contributed by atoms with Gasteiger partial charge in [0.15, 0.2) is 4.96 Å². The number of hydrogen-bond acceptors (Lipinski definition) is 6. The molecular weight excluding hydrogens is 424 g/mol. The fraction of sp³-hybridized carbons (Fsp3) is 0.250. The number of hydrogen-bond donors (Lipinski definition) is 1. The van der Waals surface area contributed by atoms with Gasteiger partial charge in [-0.3, -0.25) is 14.1 Å². The summed E-state index contributed by atoms with van der Waals surface area (Å²) in [6, 6.07) is 13.5. The summed E-state index contributed by atoms with van der Waals surface area (Å²) in [5.74, 6) is 7.12. The van der Waals surface area contributed by atoms with Crippen LogP contribution in [0.2, 0.25) is 0 Å². The Kier molecular flexibility index (Phi) is 6.03. The van der Waals surface area contributed by atoms with E-state index in [1.807, 2.05) is 36.5 Å². The molecule has 32 heavy (non-hydrogen) atoms. The van der Waals surface area contributed by atoms with Crippen LogP contribution in [0.5, 0.6) is 5.75 Å². The molecule has 3 heterocycles. The van der Waals surface area contributed by atoms with E-state index in [0.29, 0.717) is 13.0 Å². The zero-order valence-electron chi connectivity index (χ0n) is 17.4. The second kappa shape index (κ2) is 9.40. The van der Waals surface area contributed by atoms with Crippen molar-refractivity contribution in [3.05, 3.63) is 59.9 Å². The zero-order valence-corrected chi connectivity index (χ0v) is 18.2. The standard InChI is InChI=1S/C24H22N4O3S/c29-17-25-19-4-1-18(2-5-19)3-6-20-16-28-22-8-7-21(15-23(22)32-24(28)26-20)31-14-11-27-9-12-30-13-10-27/h1-2,4-5,7-8,15-17H,9-14H2,(H,25,29). The normalized spacial score (nSPS) is 14.2. The van der Waals surface area contributed by atoms with Crippen molar-refractivity contribution >= 4 is 38.6 Å². The highest BCUT2D eigenvalue weighted by Gasteiger charge is 2.11. The first-order valence-corrected chi connectivity index (χ1v) is 11.3. The number of thiazole rings is 1. The number of imidazole rings is 1. The SMILES string of the molecule is O=CNc1ccc(C#Cc2cn3c(n2)sc2cc(OCCN4CCOCC4)ccc23)cc1. The Labute approximate surface area is 189 Å². The fourth-order valence-electron chi connectivity index (χ4n) is 3.60. The summed E-state index contributed by atoms with van der Waals surface area (Å²) in [5, 5.41) is 2.61. The average Bonchev–Trinajstić information content (AvgIpc) is 3.37. The van der Waals surface area contributed by atoms with Crippen LogP contribution < -0.4 is 10.1 Å². The molecule has 1 amide bonds. The van der Waals surface area contributed by atoms with Gasteiger partial charge in [-0.25, -0.2) is 4.98 Å². The van der Waals surface area contributed by atoms with Gasteiger partial charge >= 0.3 is 0 Å². The summed E-state index contributed by atoms with van der Waals surface area (Å²) in [5.41, 5.74) is 3.42. The fourth-order valence-corrected chi connectivity index (χ4v) is 4.64. The van der Waals surface area contributed by atoms with Crippen LogP contribution in [0, 0.1) is 11.8 Å². The van der Waals surface area contributed by atoms with E-state index in [1.54, 1.807) is 11.3 Å². The number of anilines is 1. The molecular formula is C24H22N4O3S. The van der Waals surface area contributed by atoms with E-state index in [1.165, 1.54) is 0 Å². The van der Waals surface area contributed by atoms with Crippen molar-refractivity contribution in [3.8, 4) is 17.6 Å². The van der Waals surface area contributed by atoms with Crippen LogP contribution in [-0.4, -0.2) is 60.1 Å². The van der Waals surface area contributed by atoms with Gasteiger partial charge in [-0.2, -0.15) is 0 Å². The third-order valence-corrected chi connectivity index (χ3v) is 6.31. The number of amides is 1. The molecule has 1 fully saturated rings. The summed E-state index contributed by atoms with van der Waals surface area (Å²) < 4.78 is 14.6. The second-order valence-corrected chi connectivity index (χ2v) is 8.41. The maximum Gasteiger partial charge on any atom is 0.211 e. The van der Waals surface area contributed by atoms with Crippen LogP contribution in [0.3, 0.4) is 0 Å². The number of benzene rings is 2. The molecule has 2 aromatic heterocycles. The Balaban J connectivity index is 1.27. The van der Waals surface area contributed by atoms with Gasteiger partial charge in [0.2, 0.25) is 6.41 Å². The average molecular weight is 447 g/mol. The minimum atomic E-state index is 0.656. The highest BCUT2D eigenvalue weighted by atomic mass is 32.1. The molecule has 2 aromatic carbocycles. The summed E-state index contributed by atoms with van der Waals surface area (Å²) in [6.07, 6.45) is 2.62. The van der Waals surface area contributed by atoms with E-state index in [-0.39, 0.29) is 0 Å². The largest absolute Gasteiger partial charge is 0.492 e. The molecule has 4 aromatic rings. The number of ether oxygens (including phenoxy) is 2. The van der Waals surface area contributed by atoms with Gasteiger partial charge < -0.3 is 14.8 Å². The van der Waals surface area contributed by atoms with Crippen LogP contribution in [0.4, 0.5) is 5.69 Å². The van der Waals surface area contributed by atoms with E-state index >= 15 is 0 Å². The molecule has 5 rings (SSSR count). The van der Waals surface area contributed by atoms with Gasteiger partial charge in [0.1, 0.15) is 18.1 Å². The molecule has 0 radical (unpaired) electrons. The predicted octanol–water partition coefficient (Wildman–Crippen LogP) is 3.23. The maximum atomic E-state index is 10.5. The van der Waals surface area contributed by atoms with E-state index in [9.17, 15) is 4.79 Å². The second-order valence-electron chi connectivity index (χ2n) is 7.40. The first kappa shape index (κ1) is 20.5. The number of fused-ring (bicyclic) bond motifs is 3. The van der Waals surface area contributed by atoms with Gasteiger partial charge in [-0.1, -0.05) is 17.3 Å². The maximum absolute atomic E-state index is 10.5. The Morgan fingerprint density at radius 1 is 1.16 bits per heavy atom. The molecule has 1 aliphatic rings. The molecule has 0 aliphatic carbocycles. The van der Waals surface area contributed by atoms with Crippen LogP contribution in [0.25, 0.3) is 15.2 Å². The highest BCUT2D eigenvalue weighted by Crippen LogP contribution is 2.29. The lowest BCUT2D eigenvalue weighted by molar-refractivity contribution is -0.105. The monoisotopic (exact) mass is 446 g/mol. The van der Waals surface area contributed by atoms with Crippen LogP contribution in [0.15, 0.2) is 48.7 Å². The number of carbonyl (C=O) groups is 1. The Morgan fingerprint density at radius 2 is 2.00 bits per heavy atom. The smallest absolute Gasteiger partial charge is 0.211 e. The Hall–Kier alpha value is -3.38. The minimum Gasteiger partial charge on any atom is -0.492 e. The van der Waals surface area contributed by atoms with E-state index in [2.05, 4.69) is 43.6 Å². The first-order valence-electron chi connectivity index (χ1n) is 10.5. The van der Waals surface area contributed by atoms with Crippen molar-refractivity contribution in [1.82, 2.24) is 14.3 Å². The van der Waals surface area contributed by atoms with Crippen molar-refractivity contribution < 1.29 is 14.3 Å². The Bertz CT molecular complexity index is 1290. The summed E-state index contributed by atoms with van der Waals surface area (Å²) in [4.78, 5) is 18.4. The number of aromatic nitrogens is 2. The molecule has 0 saturated carbocycles. The molecule has 0 unspecified atom stereocenters. The molecule has 162 valence electrons. The van der Waals surface area contributed by atoms with Crippen molar-refractivity contribution in [2.45, 2.75) is 0 Å². The summed E-state index contributed by atoms with van der Waals surface area (Å²) in [7, 11) is 0. The summed E-state index contributed by atoms with van der Waals surface area (Å²) in [6.45, 7) is 5.13. The highest BCUT2D eigenvalue weighted by molar-refractivity contribution is 7.23. The first-order chi connectivity index (χ1) is 15.8. The number of rotatable bonds is 6. The topological polar surface area (TPSA) is 68.1 Å². The van der Waals surface area contributed by atoms with Gasteiger partial charge in [0.25, 0.3) is 0 Å². The van der Waals surface area contributed by atoms with E-state index in [0.717, 1.165) is 70.7 Å². The molecule has 0 spiro atoms. The molecule has 0 atom stereocenters. The number of morpholine rings is 1. The van der Waals surface area contributed by atoms with Crippen molar-refractivity contribution in [2.24, 2.45) is 0 Å². The molecule has 1 saturated heterocycles. The van der Waals surface area contributed by atoms with Gasteiger partial charge in [0, 0.05) is 37.1 Å². The lowest BCUT2D eigenvalue weighted by Crippen LogP contribution is -2.38. The lowest BCUT2D eigenvalue weighted by atomic mass is 10.2. The lowest BCUT2D eigenvalue weighted by Gasteiger charge is -2.26. The molecule has 0 bridgehead atoms. The number of carbonyl (C=O) groups excluding carboxylic acids is 1. The third-order valence-electron chi connectivity index (χ3n) is 5.29. The van der Waals surface area contributed by atoms with Crippen molar-refractivity contribution in [3.63, 3.8) is 0 Å². The van der Waals surface area contributed by atoms with Crippen molar-refractivity contribution in [1.29, 1.82) is 0 Å². The van der Waals surface area contributed by atoms with Crippen LogP contribution >= 0.6 is 11.3 Å². The number of nitrogens with one attached hydrogen (secondary N) is 1. The van der Waals surface area contributed by atoms with E-state index < -0.39 is 0 Å².